The zero-order chi connectivity index (χ0) is 16.5. The van der Waals surface area contributed by atoms with E-state index in [9.17, 15) is 9.18 Å². The van der Waals surface area contributed by atoms with Crippen molar-refractivity contribution in [3.63, 3.8) is 0 Å². The fourth-order valence-corrected chi connectivity index (χ4v) is 4.47. The van der Waals surface area contributed by atoms with Crippen LogP contribution in [0.4, 0.5) is 4.39 Å². The average Bonchev–Trinajstić information content (AvgIpc) is 2.99. The number of nitrogens with zero attached hydrogens (tertiary/aromatic N) is 1. The fourth-order valence-electron chi connectivity index (χ4n) is 4.47. The second-order valence-corrected chi connectivity index (χ2v) is 7.14. The Morgan fingerprint density at radius 1 is 1.00 bits per heavy atom. The first-order valence-corrected chi connectivity index (χ1v) is 8.75. The van der Waals surface area contributed by atoms with Gasteiger partial charge in [-0.15, -0.1) is 0 Å². The Bertz CT molecular complexity index is 712. The Morgan fingerprint density at radius 3 is 2.50 bits per heavy atom. The van der Waals surface area contributed by atoms with Crippen LogP contribution in [0.2, 0.25) is 0 Å². The highest BCUT2D eigenvalue weighted by molar-refractivity contribution is 5.87. The molecule has 2 fully saturated rings. The Hall–Kier alpha value is -2.00. The summed E-state index contributed by atoms with van der Waals surface area (Å²) in [6.07, 6.45) is 1.65. The third kappa shape index (κ3) is 3.01. The standard InChI is InChI=1S/C21H22FNO/c22-18-9-6-16(7-10-18)21-19-14-23(12-15-4-2-1-3-5-15)13-17(19)8-11-20(21)24/h1-7,9-10,17,19,21H,8,11-14H2/t17-,19+,21-/m0/s1. The maximum Gasteiger partial charge on any atom is 0.140 e. The van der Waals surface area contributed by atoms with Crippen LogP contribution in [-0.4, -0.2) is 23.8 Å². The van der Waals surface area contributed by atoms with Crippen LogP contribution >= 0.6 is 0 Å². The molecule has 124 valence electrons. The van der Waals surface area contributed by atoms with Crippen molar-refractivity contribution in [2.45, 2.75) is 25.3 Å². The van der Waals surface area contributed by atoms with Gasteiger partial charge in [0.15, 0.2) is 0 Å². The maximum atomic E-state index is 13.2. The van der Waals surface area contributed by atoms with E-state index in [1.165, 1.54) is 17.7 Å². The van der Waals surface area contributed by atoms with Crippen molar-refractivity contribution in [1.29, 1.82) is 0 Å². The molecular formula is C21H22FNO. The minimum atomic E-state index is -0.240. The minimum absolute atomic E-state index is 0.0647. The van der Waals surface area contributed by atoms with Gasteiger partial charge in [-0.2, -0.15) is 0 Å². The molecule has 0 radical (unpaired) electrons. The Morgan fingerprint density at radius 2 is 1.75 bits per heavy atom. The molecule has 1 aliphatic carbocycles. The topological polar surface area (TPSA) is 20.3 Å². The summed E-state index contributed by atoms with van der Waals surface area (Å²) in [6.45, 7) is 2.95. The number of Topliss-reactive ketones (excluding diaryl/α,β-unsaturated/α-hetero) is 1. The number of ketones is 1. The van der Waals surface area contributed by atoms with Crippen LogP contribution in [0.1, 0.15) is 29.9 Å². The fraction of sp³-hybridized carbons (Fsp3) is 0.381. The molecule has 2 aromatic rings. The van der Waals surface area contributed by atoms with E-state index in [0.717, 1.165) is 31.6 Å². The van der Waals surface area contributed by atoms with Crippen molar-refractivity contribution in [2.24, 2.45) is 11.8 Å². The molecule has 0 unspecified atom stereocenters. The number of likely N-dealkylation sites (tertiary alicyclic amines) is 1. The smallest absolute Gasteiger partial charge is 0.140 e. The molecule has 2 aliphatic rings. The van der Waals surface area contributed by atoms with Gasteiger partial charge in [0.1, 0.15) is 11.6 Å². The number of halogens is 1. The number of carbonyl (C=O) groups is 1. The Balaban J connectivity index is 1.54. The van der Waals surface area contributed by atoms with Crippen LogP contribution in [0.15, 0.2) is 54.6 Å². The number of rotatable bonds is 3. The van der Waals surface area contributed by atoms with Gasteiger partial charge < -0.3 is 0 Å². The van der Waals surface area contributed by atoms with Crippen LogP contribution in [-0.2, 0) is 11.3 Å². The average molecular weight is 323 g/mol. The van der Waals surface area contributed by atoms with Gasteiger partial charge in [0.2, 0.25) is 0 Å². The molecule has 2 nitrogen and oxygen atoms in total. The summed E-state index contributed by atoms with van der Waals surface area (Å²) < 4.78 is 13.2. The highest BCUT2D eigenvalue weighted by Crippen LogP contribution is 2.43. The van der Waals surface area contributed by atoms with Crippen molar-refractivity contribution < 1.29 is 9.18 Å². The number of hydrogen-bond donors (Lipinski definition) is 0. The molecule has 3 atom stereocenters. The lowest BCUT2D eigenvalue weighted by Gasteiger charge is -2.32. The molecule has 1 saturated heterocycles. The molecule has 0 spiro atoms. The molecule has 0 N–H and O–H groups in total. The SMILES string of the molecule is O=C1CC[C@H]2CN(Cc3ccccc3)C[C@H]2[C@@H]1c1ccc(F)cc1. The van der Waals surface area contributed by atoms with Gasteiger partial charge in [-0.3, -0.25) is 9.69 Å². The van der Waals surface area contributed by atoms with Crippen LogP contribution in [0.3, 0.4) is 0 Å². The van der Waals surface area contributed by atoms with E-state index in [0.29, 0.717) is 24.0 Å². The van der Waals surface area contributed by atoms with Crippen molar-refractivity contribution in [1.82, 2.24) is 4.90 Å². The first-order valence-electron chi connectivity index (χ1n) is 8.75. The van der Waals surface area contributed by atoms with E-state index >= 15 is 0 Å². The van der Waals surface area contributed by atoms with E-state index in [2.05, 4.69) is 29.2 Å². The van der Waals surface area contributed by atoms with Crippen LogP contribution < -0.4 is 0 Å². The molecule has 1 saturated carbocycles. The molecule has 24 heavy (non-hydrogen) atoms. The zero-order valence-electron chi connectivity index (χ0n) is 13.7. The lowest BCUT2D eigenvalue weighted by molar-refractivity contribution is -0.124. The molecule has 3 heteroatoms. The van der Waals surface area contributed by atoms with Crippen molar-refractivity contribution in [3.05, 3.63) is 71.5 Å². The zero-order valence-corrected chi connectivity index (χ0v) is 13.7. The normalized spacial score (nSPS) is 27.2. The van der Waals surface area contributed by atoms with Gasteiger partial charge in [-0.25, -0.2) is 4.39 Å². The molecular weight excluding hydrogens is 301 g/mol. The quantitative estimate of drug-likeness (QED) is 0.850. The number of hydrogen-bond acceptors (Lipinski definition) is 2. The van der Waals surface area contributed by atoms with Gasteiger partial charge in [0.05, 0.1) is 0 Å². The first kappa shape index (κ1) is 15.5. The second-order valence-electron chi connectivity index (χ2n) is 7.14. The summed E-state index contributed by atoms with van der Waals surface area (Å²) in [5, 5.41) is 0. The molecule has 0 bridgehead atoms. The predicted molar refractivity (Wildman–Crippen MR) is 92.1 cm³/mol. The summed E-state index contributed by atoms with van der Waals surface area (Å²) in [4.78, 5) is 15.0. The summed E-state index contributed by atoms with van der Waals surface area (Å²) in [7, 11) is 0. The summed E-state index contributed by atoms with van der Waals surface area (Å²) >= 11 is 0. The summed E-state index contributed by atoms with van der Waals surface area (Å²) in [6, 6.07) is 17.0. The van der Waals surface area contributed by atoms with Gasteiger partial charge >= 0.3 is 0 Å². The van der Waals surface area contributed by atoms with Crippen LogP contribution in [0, 0.1) is 17.7 Å². The van der Waals surface area contributed by atoms with E-state index < -0.39 is 0 Å². The third-order valence-corrected chi connectivity index (χ3v) is 5.58. The van der Waals surface area contributed by atoms with Gasteiger partial charge in [-0.1, -0.05) is 42.5 Å². The predicted octanol–water partition coefficient (Wildman–Crippen LogP) is 4.02. The molecule has 1 heterocycles. The third-order valence-electron chi connectivity index (χ3n) is 5.58. The lowest BCUT2D eigenvalue weighted by Crippen LogP contribution is -2.32. The number of carbonyl (C=O) groups excluding carboxylic acids is 1. The van der Waals surface area contributed by atoms with Crippen LogP contribution in [0.5, 0.6) is 0 Å². The lowest BCUT2D eigenvalue weighted by atomic mass is 9.70. The molecule has 0 aromatic heterocycles. The van der Waals surface area contributed by atoms with Crippen molar-refractivity contribution in [3.8, 4) is 0 Å². The maximum absolute atomic E-state index is 13.2. The monoisotopic (exact) mass is 323 g/mol. The largest absolute Gasteiger partial charge is 0.299 e. The van der Waals surface area contributed by atoms with E-state index in [1.54, 1.807) is 12.1 Å². The van der Waals surface area contributed by atoms with E-state index in [-0.39, 0.29) is 11.7 Å². The number of benzene rings is 2. The Labute approximate surface area is 142 Å². The summed E-state index contributed by atoms with van der Waals surface area (Å²) in [5.74, 6) is 0.951. The highest BCUT2D eigenvalue weighted by atomic mass is 19.1. The number of fused-ring (bicyclic) bond motifs is 1. The molecule has 1 aliphatic heterocycles. The minimum Gasteiger partial charge on any atom is -0.299 e. The van der Waals surface area contributed by atoms with Crippen molar-refractivity contribution in [2.75, 3.05) is 13.1 Å². The van der Waals surface area contributed by atoms with Crippen LogP contribution in [0.25, 0.3) is 0 Å². The van der Waals surface area contributed by atoms with Gasteiger partial charge in [-0.05, 0) is 41.5 Å². The van der Waals surface area contributed by atoms with E-state index in [1.807, 2.05) is 6.07 Å². The Kier molecular flexibility index (Phi) is 4.19. The first-order chi connectivity index (χ1) is 11.7. The van der Waals surface area contributed by atoms with Gasteiger partial charge in [0.25, 0.3) is 0 Å². The molecule has 0 amide bonds. The molecule has 4 rings (SSSR count). The van der Waals surface area contributed by atoms with E-state index in [4.69, 9.17) is 0 Å². The molecule has 2 aromatic carbocycles. The second kappa shape index (κ2) is 6.48. The van der Waals surface area contributed by atoms with Crippen molar-refractivity contribution >= 4 is 5.78 Å². The highest BCUT2D eigenvalue weighted by Gasteiger charge is 2.44. The summed E-state index contributed by atoms with van der Waals surface area (Å²) in [5.41, 5.74) is 2.30. The van der Waals surface area contributed by atoms with Gasteiger partial charge in [0, 0.05) is 32.0 Å².